The van der Waals surface area contributed by atoms with Gasteiger partial charge < -0.3 is 10.1 Å². The molecular formula is C14H18BrNO2. The van der Waals surface area contributed by atoms with Crippen molar-refractivity contribution in [1.29, 1.82) is 0 Å². The molecule has 1 aliphatic heterocycles. The monoisotopic (exact) mass is 311 g/mol. The molecule has 1 aromatic rings. The van der Waals surface area contributed by atoms with E-state index in [0.29, 0.717) is 13.2 Å². The summed E-state index contributed by atoms with van der Waals surface area (Å²) in [6, 6.07) is 7.67. The van der Waals surface area contributed by atoms with Gasteiger partial charge in [0, 0.05) is 24.1 Å². The lowest BCUT2D eigenvalue weighted by atomic mass is 9.92. The van der Waals surface area contributed by atoms with Gasteiger partial charge in [-0.25, -0.2) is 0 Å². The normalized spacial score (nSPS) is 18.3. The molecule has 0 saturated carbocycles. The number of halogens is 1. The highest BCUT2D eigenvalue weighted by Gasteiger charge is 2.33. The first-order valence-corrected chi connectivity index (χ1v) is 7.30. The fraction of sp³-hybridized carbons (Fsp3) is 0.500. The molecule has 1 fully saturated rings. The van der Waals surface area contributed by atoms with Crippen LogP contribution in [0, 0.1) is 6.92 Å². The smallest absolute Gasteiger partial charge is 0.251 e. The maximum absolute atomic E-state index is 12.3. The van der Waals surface area contributed by atoms with Gasteiger partial charge in [-0.1, -0.05) is 33.6 Å². The Balaban J connectivity index is 2.10. The van der Waals surface area contributed by atoms with Crippen molar-refractivity contribution >= 4 is 21.8 Å². The van der Waals surface area contributed by atoms with E-state index < -0.39 is 0 Å². The van der Waals surface area contributed by atoms with Crippen LogP contribution in [-0.4, -0.2) is 30.0 Å². The van der Waals surface area contributed by atoms with E-state index in [0.717, 1.165) is 29.3 Å². The summed E-state index contributed by atoms with van der Waals surface area (Å²) in [4.78, 5) is 12.3. The van der Waals surface area contributed by atoms with Crippen LogP contribution >= 0.6 is 15.9 Å². The predicted octanol–water partition coefficient (Wildman–Crippen LogP) is 2.67. The Morgan fingerprint density at radius 3 is 2.78 bits per heavy atom. The first-order chi connectivity index (χ1) is 8.65. The van der Waals surface area contributed by atoms with Crippen molar-refractivity contribution in [3.8, 4) is 0 Å². The van der Waals surface area contributed by atoms with Gasteiger partial charge in [0.25, 0.3) is 5.91 Å². The number of amides is 1. The number of aryl methyl sites for hydroxylation is 1. The van der Waals surface area contributed by atoms with Gasteiger partial charge in [-0.15, -0.1) is 0 Å². The van der Waals surface area contributed by atoms with E-state index in [9.17, 15) is 4.79 Å². The minimum absolute atomic E-state index is 0.0000463. The van der Waals surface area contributed by atoms with E-state index >= 15 is 0 Å². The highest BCUT2D eigenvalue weighted by atomic mass is 79.9. The van der Waals surface area contributed by atoms with Crippen LogP contribution in [0.2, 0.25) is 0 Å². The molecule has 2 rings (SSSR count). The van der Waals surface area contributed by atoms with Gasteiger partial charge in [-0.05, 0) is 31.9 Å². The first kappa shape index (κ1) is 13.6. The van der Waals surface area contributed by atoms with Gasteiger partial charge >= 0.3 is 0 Å². The van der Waals surface area contributed by atoms with E-state index in [2.05, 4.69) is 21.2 Å². The molecular weight excluding hydrogens is 294 g/mol. The zero-order valence-electron chi connectivity index (χ0n) is 10.5. The second-order valence-electron chi connectivity index (χ2n) is 4.85. The SMILES string of the molecule is Cc1cccc(C(=O)NC2(CBr)CCOCC2)c1. The number of nitrogens with one attached hydrogen (secondary N) is 1. The third-order valence-corrected chi connectivity index (χ3v) is 4.44. The van der Waals surface area contributed by atoms with Crippen LogP contribution in [-0.2, 0) is 4.74 Å². The Bertz CT molecular complexity index is 428. The zero-order valence-corrected chi connectivity index (χ0v) is 12.1. The van der Waals surface area contributed by atoms with Gasteiger partial charge in [0.05, 0.1) is 5.54 Å². The Labute approximate surface area is 116 Å². The average molecular weight is 312 g/mol. The molecule has 0 spiro atoms. The van der Waals surface area contributed by atoms with Gasteiger partial charge in [0.1, 0.15) is 0 Å². The van der Waals surface area contributed by atoms with Crippen LogP contribution in [0.15, 0.2) is 24.3 Å². The predicted molar refractivity (Wildman–Crippen MR) is 75.2 cm³/mol. The molecule has 1 amide bonds. The van der Waals surface area contributed by atoms with Crippen LogP contribution < -0.4 is 5.32 Å². The molecule has 0 radical (unpaired) electrons. The van der Waals surface area contributed by atoms with Crippen LogP contribution in [0.1, 0.15) is 28.8 Å². The topological polar surface area (TPSA) is 38.3 Å². The molecule has 1 aliphatic rings. The first-order valence-electron chi connectivity index (χ1n) is 6.18. The van der Waals surface area contributed by atoms with Crippen molar-refractivity contribution in [2.24, 2.45) is 0 Å². The molecule has 1 saturated heterocycles. The molecule has 0 aromatic heterocycles. The molecule has 1 N–H and O–H groups in total. The molecule has 1 heterocycles. The van der Waals surface area contributed by atoms with Crippen molar-refractivity contribution in [2.45, 2.75) is 25.3 Å². The highest BCUT2D eigenvalue weighted by Crippen LogP contribution is 2.23. The highest BCUT2D eigenvalue weighted by molar-refractivity contribution is 9.09. The van der Waals surface area contributed by atoms with Gasteiger partial charge in [-0.2, -0.15) is 0 Å². The maximum atomic E-state index is 12.3. The summed E-state index contributed by atoms with van der Waals surface area (Å²) in [7, 11) is 0. The minimum atomic E-state index is -0.168. The van der Waals surface area contributed by atoms with Crippen molar-refractivity contribution in [3.05, 3.63) is 35.4 Å². The van der Waals surface area contributed by atoms with Gasteiger partial charge in [0.15, 0.2) is 0 Å². The van der Waals surface area contributed by atoms with Crippen LogP contribution in [0.3, 0.4) is 0 Å². The third kappa shape index (κ3) is 3.12. The molecule has 0 bridgehead atoms. The van der Waals surface area contributed by atoms with E-state index in [1.54, 1.807) is 0 Å². The van der Waals surface area contributed by atoms with Gasteiger partial charge in [-0.3, -0.25) is 4.79 Å². The fourth-order valence-electron chi connectivity index (χ4n) is 2.15. The second kappa shape index (κ2) is 5.85. The standard InChI is InChI=1S/C14H18BrNO2/c1-11-3-2-4-12(9-11)13(17)16-14(10-15)5-7-18-8-6-14/h2-4,9H,5-8,10H2,1H3,(H,16,17). The molecule has 0 atom stereocenters. The van der Waals surface area contributed by atoms with Crippen LogP contribution in [0.4, 0.5) is 0 Å². The summed E-state index contributed by atoms with van der Waals surface area (Å²) in [5, 5.41) is 3.92. The van der Waals surface area contributed by atoms with E-state index in [-0.39, 0.29) is 11.4 Å². The number of hydrogen-bond donors (Lipinski definition) is 1. The lowest BCUT2D eigenvalue weighted by Gasteiger charge is -2.36. The molecule has 0 unspecified atom stereocenters. The van der Waals surface area contributed by atoms with Crippen LogP contribution in [0.5, 0.6) is 0 Å². The second-order valence-corrected chi connectivity index (χ2v) is 5.41. The van der Waals surface area contributed by atoms with Crippen molar-refractivity contribution in [2.75, 3.05) is 18.5 Å². The number of carbonyl (C=O) groups is 1. The van der Waals surface area contributed by atoms with Crippen molar-refractivity contribution in [1.82, 2.24) is 5.32 Å². The average Bonchev–Trinajstić information content (AvgIpc) is 2.40. The summed E-state index contributed by atoms with van der Waals surface area (Å²) in [5.41, 5.74) is 1.66. The number of benzene rings is 1. The molecule has 1 aromatic carbocycles. The molecule has 0 aliphatic carbocycles. The van der Waals surface area contributed by atoms with Gasteiger partial charge in [0.2, 0.25) is 0 Å². The lowest BCUT2D eigenvalue weighted by Crippen LogP contribution is -2.53. The summed E-state index contributed by atoms with van der Waals surface area (Å²) in [5.74, 6) is 0.0000463. The molecule has 98 valence electrons. The van der Waals surface area contributed by atoms with E-state index in [1.807, 2.05) is 31.2 Å². The van der Waals surface area contributed by atoms with Crippen LogP contribution in [0.25, 0.3) is 0 Å². The van der Waals surface area contributed by atoms with E-state index in [4.69, 9.17) is 4.74 Å². The summed E-state index contributed by atoms with van der Waals surface area (Å²) in [6.07, 6.45) is 1.71. The van der Waals surface area contributed by atoms with Crippen molar-refractivity contribution in [3.63, 3.8) is 0 Å². The Kier molecular flexibility index (Phi) is 4.40. The number of ether oxygens (including phenoxy) is 1. The summed E-state index contributed by atoms with van der Waals surface area (Å²) in [6.45, 7) is 3.41. The third-order valence-electron chi connectivity index (χ3n) is 3.36. The maximum Gasteiger partial charge on any atom is 0.251 e. The summed E-state index contributed by atoms with van der Waals surface area (Å²) < 4.78 is 5.36. The molecule has 3 nitrogen and oxygen atoms in total. The lowest BCUT2D eigenvalue weighted by molar-refractivity contribution is 0.0442. The molecule has 18 heavy (non-hydrogen) atoms. The Morgan fingerprint density at radius 1 is 1.44 bits per heavy atom. The van der Waals surface area contributed by atoms with Crippen molar-refractivity contribution < 1.29 is 9.53 Å². The zero-order chi connectivity index (χ0) is 13.0. The molecule has 4 heteroatoms. The number of alkyl halides is 1. The number of carbonyl (C=O) groups excluding carboxylic acids is 1. The summed E-state index contributed by atoms with van der Waals surface area (Å²) >= 11 is 3.51. The number of hydrogen-bond acceptors (Lipinski definition) is 2. The Hall–Kier alpha value is -0.870. The fourth-order valence-corrected chi connectivity index (χ4v) is 2.85. The minimum Gasteiger partial charge on any atom is -0.381 e. The largest absolute Gasteiger partial charge is 0.381 e. The quantitative estimate of drug-likeness (QED) is 0.872. The van der Waals surface area contributed by atoms with E-state index in [1.165, 1.54) is 0 Å². The Morgan fingerprint density at radius 2 is 2.17 bits per heavy atom. The number of rotatable bonds is 3.